The first-order chi connectivity index (χ1) is 29.4. The number of hydrogen-bond acceptors (Lipinski definition) is 6. The number of ketones is 2. The fourth-order valence-electron chi connectivity index (χ4n) is 16.8. The van der Waals surface area contributed by atoms with Crippen LogP contribution in [0.2, 0.25) is 0 Å². The molecule has 0 aromatic carbocycles. The van der Waals surface area contributed by atoms with Crippen LogP contribution in [-0.4, -0.2) is 64.9 Å². The first-order valence-electron chi connectivity index (χ1n) is 24.0. The molecule has 0 bridgehead atoms. The largest absolute Gasteiger partial charge is 0.390 e. The molecule has 0 saturated heterocycles. The lowest BCUT2D eigenvalue weighted by Crippen LogP contribution is -2.51. The fraction of sp³-hybridized carbons (Fsp3) is 0.800. The van der Waals surface area contributed by atoms with Gasteiger partial charge in [0.25, 0.3) is 0 Å². The maximum Gasteiger partial charge on any atom is 0.224 e. The third-order valence-electron chi connectivity index (χ3n) is 19.3. The molecule has 0 amide bonds. The summed E-state index contributed by atoms with van der Waals surface area (Å²) in [6.07, 6.45) is 19.2. The topological polar surface area (TPSA) is 119 Å². The smallest absolute Gasteiger partial charge is 0.224 e. The molecule has 12 heteroatoms. The van der Waals surface area contributed by atoms with Gasteiger partial charge < -0.3 is 10.2 Å². The zero-order valence-corrected chi connectivity index (χ0v) is 37.3. The highest BCUT2D eigenvalue weighted by Gasteiger charge is 2.64. The Hall–Kier alpha value is -3.48. The lowest BCUT2D eigenvalue weighted by molar-refractivity contribution is -0.135. The van der Waals surface area contributed by atoms with Crippen molar-refractivity contribution in [3.8, 4) is 0 Å². The Morgan fingerprint density at radius 3 is 1.39 bits per heavy atom. The molecule has 8 saturated carbocycles. The minimum absolute atomic E-state index is 0.0524. The van der Waals surface area contributed by atoms with Crippen molar-refractivity contribution in [1.29, 1.82) is 0 Å². The average Bonchev–Trinajstić information content (AvgIpc) is 3.99. The summed E-state index contributed by atoms with van der Waals surface area (Å²) >= 11 is 0. The van der Waals surface area contributed by atoms with Crippen molar-refractivity contribution in [3.05, 3.63) is 47.6 Å². The lowest BCUT2D eigenvalue weighted by Gasteiger charge is -2.56. The number of carbonyl (C=O) groups excluding carboxylic acids is 2. The van der Waals surface area contributed by atoms with Crippen LogP contribution in [0.5, 0.6) is 0 Å². The van der Waals surface area contributed by atoms with E-state index in [0.29, 0.717) is 71.6 Å². The lowest BCUT2D eigenvalue weighted by atomic mass is 9.49. The fourth-order valence-corrected chi connectivity index (χ4v) is 16.8. The Morgan fingerprint density at radius 1 is 0.629 bits per heavy atom. The second-order valence-electron chi connectivity index (χ2n) is 22.8. The minimum atomic E-state index is -1.08. The van der Waals surface area contributed by atoms with Gasteiger partial charge in [-0.25, -0.2) is 18.5 Å². The highest BCUT2D eigenvalue weighted by atomic mass is 19.1. The molecule has 18 atom stereocenters. The molecule has 10 rings (SSSR count). The summed E-state index contributed by atoms with van der Waals surface area (Å²) in [6, 6.07) is 0. The molecule has 2 aromatic rings. The van der Waals surface area contributed by atoms with Crippen molar-refractivity contribution in [2.75, 3.05) is 0 Å². The van der Waals surface area contributed by atoms with Gasteiger partial charge in [-0.15, -0.1) is 0 Å². The third-order valence-corrected chi connectivity index (χ3v) is 19.3. The number of hydrogen-bond donors (Lipinski definition) is 2. The predicted molar refractivity (Wildman–Crippen MR) is 230 cm³/mol. The van der Waals surface area contributed by atoms with Gasteiger partial charge in [-0.1, -0.05) is 13.8 Å². The van der Waals surface area contributed by atoms with E-state index in [1.54, 1.807) is 12.4 Å². The molecular formula is C50H68F2N6O4. The maximum absolute atomic E-state index is 15.4. The van der Waals surface area contributed by atoms with Crippen molar-refractivity contribution in [3.63, 3.8) is 0 Å². The van der Waals surface area contributed by atoms with E-state index >= 15 is 8.78 Å². The van der Waals surface area contributed by atoms with Crippen LogP contribution < -0.4 is 0 Å². The number of aromatic nitrogens is 4. The molecule has 336 valence electrons. The van der Waals surface area contributed by atoms with E-state index in [1.807, 2.05) is 13.8 Å². The van der Waals surface area contributed by atoms with Gasteiger partial charge in [0.05, 0.1) is 61.7 Å². The molecule has 0 spiro atoms. The van der Waals surface area contributed by atoms with E-state index in [1.165, 1.54) is 21.8 Å². The van der Waals surface area contributed by atoms with Crippen LogP contribution in [0, 0.1) is 95.0 Å². The Kier molecular flexibility index (Phi) is 11.4. The predicted octanol–water partition coefficient (Wildman–Crippen LogP) is 9.94. The number of rotatable bonds is 6. The summed E-state index contributed by atoms with van der Waals surface area (Å²) < 4.78 is 33.8. The number of Topliss-reactive ketones (excluding diaryl/α,β-unsaturated/α-hetero) is 2. The van der Waals surface area contributed by atoms with Crippen LogP contribution in [0.25, 0.3) is 9.69 Å². The zero-order valence-electron chi connectivity index (χ0n) is 37.3. The maximum atomic E-state index is 15.4. The van der Waals surface area contributed by atoms with Gasteiger partial charge in [0.2, 0.25) is 11.4 Å². The van der Waals surface area contributed by atoms with E-state index in [0.717, 1.165) is 89.9 Å². The number of nitrogens with zero attached hydrogens (tertiary/aromatic N) is 6. The van der Waals surface area contributed by atoms with Crippen molar-refractivity contribution in [2.45, 2.75) is 167 Å². The second kappa shape index (κ2) is 16.2. The molecule has 0 aliphatic heterocycles. The summed E-state index contributed by atoms with van der Waals surface area (Å²) in [6.45, 7) is 22.6. The number of alkyl halides is 2. The molecule has 2 N–H and O–H groups in total. The Labute approximate surface area is 366 Å². The van der Waals surface area contributed by atoms with Crippen LogP contribution in [-0.2, 0) is 22.7 Å². The van der Waals surface area contributed by atoms with Gasteiger partial charge in [-0.05, 0) is 187 Å². The highest BCUT2D eigenvalue weighted by molar-refractivity contribution is 5.83. The van der Waals surface area contributed by atoms with Crippen LogP contribution in [0.3, 0.4) is 0 Å². The van der Waals surface area contributed by atoms with Gasteiger partial charge in [0.1, 0.15) is 12.3 Å². The molecule has 8 aliphatic rings. The second-order valence-corrected chi connectivity index (χ2v) is 22.8. The highest BCUT2D eigenvalue weighted by Crippen LogP contribution is 2.67. The normalized spacial score (nSPS) is 46.5. The summed E-state index contributed by atoms with van der Waals surface area (Å²) in [5.74, 6) is 4.07. The molecule has 0 radical (unpaired) electrons. The van der Waals surface area contributed by atoms with E-state index in [-0.39, 0.29) is 47.3 Å². The van der Waals surface area contributed by atoms with Crippen LogP contribution >= 0.6 is 0 Å². The van der Waals surface area contributed by atoms with Crippen LogP contribution in [0.4, 0.5) is 20.2 Å². The standard InChI is InChI=1S/2C25H34FN3O2/c2*1-24(31)8-6-17-15(11-24)4-5-19-18(17)7-9-25(2)20(19)10-21(26)23(25)22(30)14-29-13-16(27-3)12-28-29/h2*12-13,15,17-21,23,31H,4-11,14H2,1-2H3/t15-,17+,18?,19?,20?,21+,23?,24-,25+;15-,17+,18?,19?,20?,21-,23?,24-,25+/m11/s1. The summed E-state index contributed by atoms with van der Waals surface area (Å²) in [7, 11) is 0. The summed E-state index contributed by atoms with van der Waals surface area (Å²) in [5.41, 5.74) is -0.786. The van der Waals surface area contributed by atoms with E-state index in [2.05, 4.69) is 33.7 Å². The Morgan fingerprint density at radius 2 is 1.02 bits per heavy atom. The van der Waals surface area contributed by atoms with Crippen molar-refractivity contribution < 1.29 is 28.6 Å². The van der Waals surface area contributed by atoms with Gasteiger partial charge >= 0.3 is 0 Å². The molecule has 10 nitrogen and oxygen atoms in total. The van der Waals surface area contributed by atoms with Gasteiger partial charge in [-0.2, -0.15) is 10.2 Å². The first kappa shape index (κ1) is 43.8. The Bertz CT molecular complexity index is 1960. The molecular weight excluding hydrogens is 787 g/mol. The third kappa shape index (κ3) is 7.69. The SMILES string of the molecule is [C-]#[N+]c1cnn(CC(=O)C2[C@@H](F)CC3C4CC[C@@H]5C[C@](C)(O)CC[C@@H]5C4CC[C@@]32C)c1.[C-]#[N+]c1cnn(CC(=O)C2[C@H](F)CC3C4CC[C@@H]5C[C@](C)(O)CC[C@@H]5C4CC[C@@]32C)c1. The number of halogens is 2. The van der Waals surface area contributed by atoms with Crippen molar-refractivity contribution in [2.24, 2.45) is 81.8 Å². The quantitative estimate of drug-likeness (QED) is 0.280. The first-order valence-corrected chi connectivity index (χ1v) is 24.0. The summed E-state index contributed by atoms with van der Waals surface area (Å²) in [4.78, 5) is 33.2. The molecule has 62 heavy (non-hydrogen) atoms. The molecule has 8 unspecified atom stereocenters. The number of carbonyl (C=O) groups is 2. The molecule has 2 heterocycles. The van der Waals surface area contributed by atoms with Gasteiger partial charge in [0.15, 0.2) is 11.6 Å². The average molecular weight is 855 g/mol. The summed E-state index contributed by atoms with van der Waals surface area (Å²) in [5, 5.41) is 29.3. The van der Waals surface area contributed by atoms with E-state index < -0.39 is 35.4 Å². The number of fused-ring (bicyclic) bond motifs is 10. The van der Waals surface area contributed by atoms with Crippen molar-refractivity contribution >= 4 is 22.9 Å². The number of aliphatic hydroxyl groups is 2. The minimum Gasteiger partial charge on any atom is -0.390 e. The molecule has 2 aromatic heterocycles. The van der Waals surface area contributed by atoms with Gasteiger partial charge in [0, 0.05) is 12.4 Å². The van der Waals surface area contributed by atoms with Crippen LogP contribution in [0.1, 0.15) is 130 Å². The van der Waals surface area contributed by atoms with Gasteiger partial charge in [-0.3, -0.25) is 19.0 Å². The molecule has 8 fully saturated rings. The Balaban J connectivity index is 0.000000158. The van der Waals surface area contributed by atoms with Crippen molar-refractivity contribution in [1.82, 2.24) is 19.6 Å². The van der Waals surface area contributed by atoms with E-state index in [9.17, 15) is 19.8 Å². The zero-order chi connectivity index (χ0) is 43.9. The van der Waals surface area contributed by atoms with E-state index in [4.69, 9.17) is 13.1 Å². The monoisotopic (exact) mass is 855 g/mol. The van der Waals surface area contributed by atoms with Crippen LogP contribution in [0.15, 0.2) is 24.8 Å². The molecule has 8 aliphatic carbocycles.